The number of ketones is 2. The average molecular weight is 275 g/mol. The van der Waals surface area contributed by atoms with Gasteiger partial charge in [0.2, 0.25) is 5.78 Å². The first-order chi connectivity index (χ1) is 6.86. The van der Waals surface area contributed by atoms with Crippen LogP contribution in [0, 0.1) is 5.92 Å². The summed E-state index contributed by atoms with van der Waals surface area (Å²) >= 11 is 3.18. The van der Waals surface area contributed by atoms with Gasteiger partial charge >= 0.3 is 0 Å². The number of allylic oxidation sites excluding steroid dienone is 2. The third kappa shape index (κ3) is 2.30. The summed E-state index contributed by atoms with van der Waals surface area (Å²) in [4.78, 5) is 23.2. The van der Waals surface area contributed by atoms with E-state index in [4.69, 9.17) is 4.74 Å². The Kier molecular flexibility index (Phi) is 3.71. The van der Waals surface area contributed by atoms with E-state index in [1.165, 1.54) is 0 Å². The number of rotatable bonds is 2. The van der Waals surface area contributed by atoms with Gasteiger partial charge in [0, 0.05) is 5.57 Å². The zero-order valence-corrected chi connectivity index (χ0v) is 10.9. The SMILES string of the molecule is CC1=C(C(=O)C(C)Br)OC(C)C(C)C1=O. The second-order valence-corrected chi connectivity index (χ2v) is 5.28. The summed E-state index contributed by atoms with van der Waals surface area (Å²) in [5, 5.41) is 0. The predicted octanol–water partition coefficient (Wildman–Crippen LogP) is 2.24. The van der Waals surface area contributed by atoms with Gasteiger partial charge in [-0.05, 0) is 20.8 Å². The Morgan fingerprint density at radius 2 is 2.00 bits per heavy atom. The van der Waals surface area contributed by atoms with Crippen LogP contribution in [0.2, 0.25) is 0 Å². The maximum absolute atomic E-state index is 11.8. The third-order valence-electron chi connectivity index (χ3n) is 2.72. The van der Waals surface area contributed by atoms with E-state index in [1.54, 1.807) is 20.8 Å². The average Bonchev–Trinajstić information content (AvgIpc) is 2.19. The molecule has 0 saturated heterocycles. The fourth-order valence-corrected chi connectivity index (χ4v) is 1.67. The molecule has 1 aliphatic heterocycles. The molecule has 84 valence electrons. The Balaban J connectivity index is 3.08. The second kappa shape index (κ2) is 4.47. The van der Waals surface area contributed by atoms with Crippen LogP contribution in [0.1, 0.15) is 27.7 Å². The molecule has 1 rings (SSSR count). The molecule has 3 nitrogen and oxygen atoms in total. The number of alkyl halides is 1. The number of hydrogen-bond donors (Lipinski definition) is 0. The molecule has 0 aromatic heterocycles. The van der Waals surface area contributed by atoms with Crippen molar-refractivity contribution in [1.29, 1.82) is 0 Å². The molecule has 0 spiro atoms. The number of hydrogen-bond acceptors (Lipinski definition) is 3. The lowest BCUT2D eigenvalue weighted by atomic mass is 9.91. The van der Waals surface area contributed by atoms with Gasteiger partial charge in [0.25, 0.3) is 0 Å². The van der Waals surface area contributed by atoms with Crippen molar-refractivity contribution in [2.45, 2.75) is 38.6 Å². The molecule has 0 fully saturated rings. The minimum atomic E-state index is -0.323. The summed E-state index contributed by atoms with van der Waals surface area (Å²) in [7, 11) is 0. The topological polar surface area (TPSA) is 43.4 Å². The van der Waals surface area contributed by atoms with Crippen molar-refractivity contribution in [3.8, 4) is 0 Å². The first-order valence-corrected chi connectivity index (χ1v) is 5.87. The van der Waals surface area contributed by atoms with Crippen LogP contribution in [-0.2, 0) is 14.3 Å². The van der Waals surface area contributed by atoms with Gasteiger partial charge in [-0.15, -0.1) is 0 Å². The lowest BCUT2D eigenvalue weighted by Gasteiger charge is -2.28. The van der Waals surface area contributed by atoms with Gasteiger partial charge in [-0.3, -0.25) is 9.59 Å². The quantitative estimate of drug-likeness (QED) is 0.726. The highest BCUT2D eigenvalue weighted by Crippen LogP contribution is 2.27. The Morgan fingerprint density at radius 1 is 1.47 bits per heavy atom. The van der Waals surface area contributed by atoms with Gasteiger partial charge in [-0.1, -0.05) is 22.9 Å². The normalized spacial score (nSPS) is 28.7. The Bertz CT molecular complexity index is 331. The molecular weight excluding hydrogens is 260 g/mol. The molecule has 15 heavy (non-hydrogen) atoms. The maximum Gasteiger partial charge on any atom is 0.211 e. The molecule has 0 saturated carbocycles. The molecule has 3 atom stereocenters. The fraction of sp³-hybridized carbons (Fsp3) is 0.636. The monoisotopic (exact) mass is 274 g/mol. The number of Topliss-reactive ketones (excluding diaryl/α,β-unsaturated/α-hetero) is 2. The zero-order valence-electron chi connectivity index (χ0n) is 9.33. The molecule has 0 amide bonds. The summed E-state index contributed by atoms with van der Waals surface area (Å²) < 4.78 is 5.48. The van der Waals surface area contributed by atoms with E-state index >= 15 is 0 Å². The van der Waals surface area contributed by atoms with Crippen molar-refractivity contribution in [2.75, 3.05) is 0 Å². The molecule has 0 bridgehead atoms. The van der Waals surface area contributed by atoms with Crippen LogP contribution in [0.4, 0.5) is 0 Å². The van der Waals surface area contributed by atoms with Crippen LogP contribution in [-0.4, -0.2) is 22.5 Å². The lowest BCUT2D eigenvalue weighted by Crippen LogP contribution is -2.35. The van der Waals surface area contributed by atoms with Crippen LogP contribution in [0.5, 0.6) is 0 Å². The van der Waals surface area contributed by atoms with Crippen LogP contribution in [0.25, 0.3) is 0 Å². The summed E-state index contributed by atoms with van der Waals surface area (Å²) in [6.07, 6.45) is -0.230. The highest BCUT2D eigenvalue weighted by atomic mass is 79.9. The summed E-state index contributed by atoms with van der Waals surface area (Å²) in [6.45, 7) is 6.99. The van der Waals surface area contributed by atoms with E-state index in [2.05, 4.69) is 15.9 Å². The zero-order chi connectivity index (χ0) is 11.7. The number of halogens is 1. The van der Waals surface area contributed by atoms with Crippen molar-refractivity contribution in [3.63, 3.8) is 0 Å². The van der Waals surface area contributed by atoms with Crippen LogP contribution < -0.4 is 0 Å². The van der Waals surface area contributed by atoms with Crippen LogP contribution in [0.3, 0.4) is 0 Å². The smallest absolute Gasteiger partial charge is 0.211 e. The van der Waals surface area contributed by atoms with Crippen molar-refractivity contribution >= 4 is 27.5 Å². The molecule has 4 heteroatoms. The lowest BCUT2D eigenvalue weighted by molar-refractivity contribution is -0.129. The molecule has 0 aromatic rings. The van der Waals surface area contributed by atoms with E-state index in [1.807, 2.05) is 6.92 Å². The Labute approximate surface area is 98.0 Å². The van der Waals surface area contributed by atoms with Gasteiger partial charge in [-0.25, -0.2) is 0 Å². The van der Waals surface area contributed by atoms with Crippen molar-refractivity contribution in [1.82, 2.24) is 0 Å². The standard InChI is InChI=1S/C11H15BrO3/c1-5-8(4)15-11(6(2)9(5)13)10(14)7(3)12/h5,7-8H,1-4H3. The number of carbonyl (C=O) groups is 2. The first kappa shape index (κ1) is 12.4. The molecular formula is C11H15BrO3. The van der Waals surface area contributed by atoms with E-state index in [9.17, 15) is 9.59 Å². The largest absolute Gasteiger partial charge is 0.486 e. The van der Waals surface area contributed by atoms with E-state index < -0.39 is 0 Å². The first-order valence-electron chi connectivity index (χ1n) is 4.96. The van der Waals surface area contributed by atoms with Gasteiger partial charge < -0.3 is 4.74 Å². The minimum absolute atomic E-state index is 0.00486. The van der Waals surface area contributed by atoms with Crippen LogP contribution in [0.15, 0.2) is 11.3 Å². The van der Waals surface area contributed by atoms with Gasteiger partial charge in [0.05, 0.1) is 10.7 Å². The Hall–Kier alpha value is -0.640. The Morgan fingerprint density at radius 3 is 2.47 bits per heavy atom. The summed E-state index contributed by atoms with van der Waals surface area (Å²) in [5.41, 5.74) is 0.442. The second-order valence-electron chi connectivity index (χ2n) is 3.91. The number of carbonyl (C=O) groups excluding carboxylic acids is 2. The van der Waals surface area contributed by atoms with E-state index in [0.29, 0.717) is 5.57 Å². The highest BCUT2D eigenvalue weighted by Gasteiger charge is 2.34. The number of ether oxygens (including phenoxy) is 1. The van der Waals surface area contributed by atoms with Gasteiger partial charge in [0.15, 0.2) is 11.5 Å². The molecule has 0 aromatic carbocycles. The molecule has 1 aliphatic rings. The van der Waals surface area contributed by atoms with Gasteiger partial charge in [0.1, 0.15) is 6.10 Å². The molecule has 0 N–H and O–H groups in total. The third-order valence-corrected chi connectivity index (χ3v) is 3.13. The maximum atomic E-state index is 11.8. The van der Waals surface area contributed by atoms with Crippen molar-refractivity contribution in [3.05, 3.63) is 11.3 Å². The minimum Gasteiger partial charge on any atom is -0.486 e. The van der Waals surface area contributed by atoms with Crippen LogP contribution >= 0.6 is 15.9 Å². The van der Waals surface area contributed by atoms with Crippen molar-refractivity contribution in [2.24, 2.45) is 5.92 Å². The van der Waals surface area contributed by atoms with E-state index in [-0.39, 0.29) is 34.2 Å². The summed E-state index contributed by atoms with van der Waals surface area (Å²) in [5.74, 6) is -0.119. The predicted molar refractivity (Wildman–Crippen MR) is 60.8 cm³/mol. The fourth-order valence-electron chi connectivity index (χ4n) is 1.47. The molecule has 1 heterocycles. The summed E-state index contributed by atoms with van der Waals surface area (Å²) in [6, 6.07) is 0. The van der Waals surface area contributed by atoms with E-state index in [0.717, 1.165) is 0 Å². The molecule has 3 unspecified atom stereocenters. The highest BCUT2D eigenvalue weighted by molar-refractivity contribution is 9.10. The van der Waals surface area contributed by atoms with Crippen molar-refractivity contribution < 1.29 is 14.3 Å². The molecule has 0 radical (unpaired) electrons. The van der Waals surface area contributed by atoms with Gasteiger partial charge in [-0.2, -0.15) is 0 Å². The molecule has 0 aliphatic carbocycles.